The Bertz CT molecular complexity index is 597. The third-order valence-electron chi connectivity index (χ3n) is 3.76. The van der Waals surface area contributed by atoms with Crippen LogP contribution in [0.2, 0.25) is 0 Å². The molecule has 1 aromatic carbocycles. The summed E-state index contributed by atoms with van der Waals surface area (Å²) in [6.45, 7) is 3.85. The van der Waals surface area contributed by atoms with Gasteiger partial charge >= 0.3 is 0 Å². The molecule has 2 atom stereocenters. The molecule has 1 aromatic heterocycles. The van der Waals surface area contributed by atoms with Gasteiger partial charge in [0.15, 0.2) is 0 Å². The van der Waals surface area contributed by atoms with Crippen molar-refractivity contribution in [2.75, 3.05) is 6.61 Å². The molecular formula is C16H22N4O2. The highest BCUT2D eigenvalue weighted by molar-refractivity contribution is 5.76. The average Bonchev–Trinajstić information content (AvgIpc) is 3.01. The molecule has 0 bridgehead atoms. The molecule has 1 amide bonds. The Morgan fingerprint density at radius 2 is 2.05 bits per heavy atom. The molecule has 2 unspecified atom stereocenters. The van der Waals surface area contributed by atoms with Gasteiger partial charge in [0, 0.05) is 31.2 Å². The Labute approximate surface area is 130 Å². The van der Waals surface area contributed by atoms with Crippen molar-refractivity contribution in [3.05, 3.63) is 42.5 Å². The number of hydrogen-bond acceptors (Lipinski definition) is 4. The topological polar surface area (TPSA) is 80.0 Å². The van der Waals surface area contributed by atoms with E-state index < -0.39 is 0 Å². The van der Waals surface area contributed by atoms with Gasteiger partial charge in [0.25, 0.3) is 0 Å². The molecule has 6 nitrogen and oxygen atoms in total. The van der Waals surface area contributed by atoms with Gasteiger partial charge in [-0.2, -0.15) is 0 Å². The van der Waals surface area contributed by atoms with Crippen LogP contribution in [0.5, 0.6) is 0 Å². The van der Waals surface area contributed by atoms with Crippen molar-refractivity contribution in [3.63, 3.8) is 0 Å². The van der Waals surface area contributed by atoms with Crippen LogP contribution in [0, 0.1) is 5.92 Å². The predicted octanol–water partition coefficient (Wildman–Crippen LogP) is 1.33. The highest BCUT2D eigenvalue weighted by Crippen LogP contribution is 2.10. The summed E-state index contributed by atoms with van der Waals surface area (Å²) >= 11 is 0. The number of aliphatic hydroxyl groups excluding tert-OH is 1. The zero-order chi connectivity index (χ0) is 15.9. The lowest BCUT2D eigenvalue weighted by molar-refractivity contribution is -0.122. The molecule has 0 aliphatic heterocycles. The summed E-state index contributed by atoms with van der Waals surface area (Å²) in [5.41, 5.74) is 0.977. The van der Waals surface area contributed by atoms with Crippen molar-refractivity contribution < 1.29 is 9.90 Å². The van der Waals surface area contributed by atoms with Crippen LogP contribution in [-0.4, -0.2) is 38.4 Å². The molecule has 0 fully saturated rings. The van der Waals surface area contributed by atoms with Crippen molar-refractivity contribution in [2.24, 2.45) is 5.92 Å². The lowest BCUT2D eigenvalue weighted by Gasteiger charge is -2.19. The van der Waals surface area contributed by atoms with Crippen molar-refractivity contribution >= 4 is 5.91 Å². The number of benzene rings is 1. The fourth-order valence-electron chi connectivity index (χ4n) is 2.09. The second kappa shape index (κ2) is 7.70. The average molecular weight is 302 g/mol. The number of carbonyl (C=O) groups is 1. The molecule has 0 aliphatic carbocycles. The standard InChI is InChI=1S/C16H22N4O2/c1-12(10-21)13(2)18-16(22)9-8-15-19-17-11-20(15)14-6-4-3-5-7-14/h3-7,11-13,21H,8-10H2,1-2H3,(H,18,22). The number of aromatic nitrogens is 3. The van der Waals surface area contributed by atoms with Crippen molar-refractivity contribution in [1.29, 1.82) is 0 Å². The molecule has 22 heavy (non-hydrogen) atoms. The number of nitrogens with one attached hydrogen (secondary N) is 1. The Morgan fingerprint density at radius 1 is 1.32 bits per heavy atom. The molecule has 0 aliphatic rings. The van der Waals surface area contributed by atoms with E-state index in [0.29, 0.717) is 12.8 Å². The second-order valence-corrected chi connectivity index (χ2v) is 5.47. The van der Waals surface area contributed by atoms with Crippen molar-refractivity contribution in [2.45, 2.75) is 32.7 Å². The fraction of sp³-hybridized carbons (Fsp3) is 0.438. The van der Waals surface area contributed by atoms with Gasteiger partial charge in [0.05, 0.1) is 0 Å². The lowest BCUT2D eigenvalue weighted by Crippen LogP contribution is -2.38. The normalized spacial score (nSPS) is 13.6. The Morgan fingerprint density at radius 3 is 2.73 bits per heavy atom. The van der Waals surface area contributed by atoms with Gasteiger partial charge in [-0.15, -0.1) is 10.2 Å². The first-order valence-corrected chi connectivity index (χ1v) is 7.46. The number of carbonyl (C=O) groups excluding carboxylic acids is 1. The van der Waals surface area contributed by atoms with E-state index in [9.17, 15) is 4.79 Å². The van der Waals surface area contributed by atoms with Crippen LogP contribution in [0.25, 0.3) is 5.69 Å². The Kier molecular flexibility index (Phi) is 5.66. The van der Waals surface area contributed by atoms with Crippen LogP contribution in [0.3, 0.4) is 0 Å². The summed E-state index contributed by atoms with van der Waals surface area (Å²) in [6.07, 6.45) is 2.51. The van der Waals surface area contributed by atoms with Gasteiger partial charge in [-0.3, -0.25) is 9.36 Å². The zero-order valence-electron chi connectivity index (χ0n) is 12.9. The Hall–Kier alpha value is -2.21. The molecule has 0 radical (unpaired) electrons. The second-order valence-electron chi connectivity index (χ2n) is 5.47. The van der Waals surface area contributed by atoms with E-state index in [-0.39, 0.29) is 24.5 Å². The molecule has 0 spiro atoms. The molecular weight excluding hydrogens is 280 g/mol. The van der Waals surface area contributed by atoms with Crippen molar-refractivity contribution in [1.82, 2.24) is 20.1 Å². The maximum absolute atomic E-state index is 12.0. The van der Waals surface area contributed by atoms with Crippen LogP contribution in [0.4, 0.5) is 0 Å². The maximum atomic E-state index is 12.0. The summed E-state index contributed by atoms with van der Waals surface area (Å²) in [5, 5.41) is 20.0. The molecule has 2 aromatic rings. The number of amides is 1. The van der Waals surface area contributed by atoms with Gasteiger partial charge in [-0.05, 0) is 25.0 Å². The largest absolute Gasteiger partial charge is 0.396 e. The number of rotatable bonds is 7. The van der Waals surface area contributed by atoms with Gasteiger partial charge in [-0.1, -0.05) is 25.1 Å². The van der Waals surface area contributed by atoms with E-state index in [1.165, 1.54) is 0 Å². The summed E-state index contributed by atoms with van der Waals surface area (Å²) < 4.78 is 1.88. The molecule has 1 heterocycles. The van der Waals surface area contributed by atoms with Crippen LogP contribution >= 0.6 is 0 Å². The van der Waals surface area contributed by atoms with Gasteiger partial charge < -0.3 is 10.4 Å². The quantitative estimate of drug-likeness (QED) is 0.808. The molecule has 0 saturated heterocycles. The number of para-hydroxylation sites is 1. The van der Waals surface area contributed by atoms with E-state index >= 15 is 0 Å². The van der Waals surface area contributed by atoms with Crippen molar-refractivity contribution in [3.8, 4) is 5.69 Å². The molecule has 6 heteroatoms. The van der Waals surface area contributed by atoms with E-state index in [2.05, 4.69) is 15.5 Å². The smallest absolute Gasteiger partial charge is 0.220 e. The SMILES string of the molecule is CC(CO)C(C)NC(=O)CCc1nncn1-c1ccccc1. The first kappa shape index (κ1) is 16.2. The molecule has 2 rings (SSSR count). The Balaban J connectivity index is 1.93. The van der Waals surface area contributed by atoms with Crippen LogP contribution < -0.4 is 5.32 Å². The minimum atomic E-state index is -0.0514. The third-order valence-corrected chi connectivity index (χ3v) is 3.76. The summed E-state index contributed by atoms with van der Waals surface area (Å²) in [5.74, 6) is 0.747. The van der Waals surface area contributed by atoms with Crippen LogP contribution in [0.1, 0.15) is 26.1 Å². The number of nitrogens with zero attached hydrogens (tertiary/aromatic N) is 3. The number of hydrogen-bond donors (Lipinski definition) is 2. The molecule has 2 N–H and O–H groups in total. The zero-order valence-corrected chi connectivity index (χ0v) is 12.9. The molecule has 118 valence electrons. The number of aryl methyl sites for hydroxylation is 1. The third kappa shape index (κ3) is 4.14. The first-order valence-electron chi connectivity index (χ1n) is 7.46. The highest BCUT2D eigenvalue weighted by Gasteiger charge is 2.15. The highest BCUT2D eigenvalue weighted by atomic mass is 16.3. The lowest BCUT2D eigenvalue weighted by atomic mass is 10.1. The van der Waals surface area contributed by atoms with E-state index in [1.54, 1.807) is 6.33 Å². The van der Waals surface area contributed by atoms with Gasteiger partial charge in [-0.25, -0.2) is 0 Å². The van der Waals surface area contributed by atoms with E-state index in [1.807, 2.05) is 48.7 Å². The monoisotopic (exact) mass is 302 g/mol. The minimum Gasteiger partial charge on any atom is -0.396 e. The fourth-order valence-corrected chi connectivity index (χ4v) is 2.09. The predicted molar refractivity (Wildman–Crippen MR) is 83.5 cm³/mol. The summed E-state index contributed by atoms with van der Waals surface area (Å²) in [4.78, 5) is 12.0. The first-order chi connectivity index (χ1) is 10.6. The van der Waals surface area contributed by atoms with E-state index in [0.717, 1.165) is 11.5 Å². The molecule has 0 saturated carbocycles. The number of aliphatic hydroxyl groups is 1. The van der Waals surface area contributed by atoms with Gasteiger partial charge in [0.2, 0.25) is 5.91 Å². The minimum absolute atomic E-state index is 0.0388. The summed E-state index contributed by atoms with van der Waals surface area (Å²) in [6, 6.07) is 9.73. The maximum Gasteiger partial charge on any atom is 0.220 e. The van der Waals surface area contributed by atoms with E-state index in [4.69, 9.17) is 5.11 Å². The van der Waals surface area contributed by atoms with Crippen LogP contribution in [0.15, 0.2) is 36.7 Å². The van der Waals surface area contributed by atoms with Crippen LogP contribution in [-0.2, 0) is 11.2 Å². The van der Waals surface area contributed by atoms with Gasteiger partial charge in [0.1, 0.15) is 12.2 Å². The summed E-state index contributed by atoms with van der Waals surface area (Å²) in [7, 11) is 0.